The second-order valence-corrected chi connectivity index (χ2v) is 9.78. The molecule has 0 bridgehead atoms. The molecular weight excluding hydrogens is 382 g/mol. The minimum absolute atomic E-state index is 0.0446. The summed E-state index contributed by atoms with van der Waals surface area (Å²) in [6.45, 7) is 11.0. The number of ether oxygens (including phenoxy) is 1. The normalized spacial score (nSPS) is 23.7. The fourth-order valence-electron chi connectivity index (χ4n) is 5.94. The summed E-state index contributed by atoms with van der Waals surface area (Å²) >= 11 is 0. The van der Waals surface area contributed by atoms with Crippen molar-refractivity contribution in [1.82, 2.24) is 4.90 Å². The molecule has 1 saturated carbocycles. The first-order valence-electron chi connectivity index (χ1n) is 12.0. The number of rotatable bonds is 6. The van der Waals surface area contributed by atoms with Crippen LogP contribution in [0.3, 0.4) is 0 Å². The Hall–Kier alpha value is -2.13. The summed E-state index contributed by atoms with van der Waals surface area (Å²) in [5, 5.41) is 0. The van der Waals surface area contributed by atoms with Gasteiger partial charge in [-0.05, 0) is 64.5 Å². The van der Waals surface area contributed by atoms with E-state index in [1.165, 1.54) is 65.5 Å². The zero-order valence-electron chi connectivity index (χ0n) is 19.8. The Morgan fingerprint density at radius 1 is 0.871 bits per heavy atom. The molecule has 1 saturated heterocycles. The van der Waals surface area contributed by atoms with E-state index >= 15 is 0 Å². The Kier molecular flexibility index (Phi) is 6.52. The molecule has 1 unspecified atom stereocenters. The summed E-state index contributed by atoms with van der Waals surface area (Å²) in [4.78, 5) is 15.5. The molecule has 0 N–H and O–H groups in total. The largest absolute Gasteiger partial charge is 0.465 e. The Morgan fingerprint density at radius 2 is 1.35 bits per heavy atom. The van der Waals surface area contributed by atoms with Crippen molar-refractivity contribution in [3.8, 4) is 0 Å². The quantitative estimate of drug-likeness (QED) is 0.412. The molecule has 31 heavy (non-hydrogen) atoms. The van der Waals surface area contributed by atoms with Gasteiger partial charge in [0.05, 0.1) is 12.6 Å². The van der Waals surface area contributed by atoms with Crippen LogP contribution in [0.1, 0.15) is 78.5 Å². The Balaban J connectivity index is 1.79. The van der Waals surface area contributed by atoms with Gasteiger partial charge in [-0.15, -0.1) is 0 Å². The molecule has 0 spiro atoms. The van der Waals surface area contributed by atoms with Gasteiger partial charge in [0, 0.05) is 6.04 Å². The molecule has 3 atom stereocenters. The summed E-state index contributed by atoms with van der Waals surface area (Å²) < 4.78 is 5.55. The molecule has 3 nitrogen and oxygen atoms in total. The molecular formula is C28H37NO2. The fourth-order valence-corrected chi connectivity index (χ4v) is 5.94. The van der Waals surface area contributed by atoms with Gasteiger partial charge in [0.15, 0.2) is 0 Å². The molecule has 0 amide bonds. The molecule has 2 aromatic carbocycles. The third-order valence-corrected chi connectivity index (χ3v) is 6.98. The van der Waals surface area contributed by atoms with E-state index in [-0.39, 0.29) is 24.1 Å². The van der Waals surface area contributed by atoms with Crippen LogP contribution in [0.15, 0.2) is 36.4 Å². The maximum Gasteiger partial charge on any atom is 0.325 e. The van der Waals surface area contributed by atoms with Gasteiger partial charge < -0.3 is 4.74 Å². The van der Waals surface area contributed by atoms with Gasteiger partial charge in [0.2, 0.25) is 0 Å². The maximum atomic E-state index is 13.0. The van der Waals surface area contributed by atoms with Crippen molar-refractivity contribution in [3.63, 3.8) is 0 Å². The van der Waals surface area contributed by atoms with Crippen molar-refractivity contribution < 1.29 is 9.53 Å². The molecule has 2 aromatic rings. The van der Waals surface area contributed by atoms with Crippen molar-refractivity contribution in [2.45, 2.75) is 84.8 Å². The monoisotopic (exact) mass is 419 g/mol. The minimum atomic E-state index is -0.130. The average Bonchev–Trinajstić information content (AvgIpc) is 3.43. The highest BCUT2D eigenvalue weighted by Gasteiger charge is 2.60. The fraction of sp³-hybridized carbons (Fsp3) is 0.536. The van der Waals surface area contributed by atoms with E-state index < -0.39 is 0 Å². The lowest BCUT2D eigenvalue weighted by molar-refractivity contribution is -0.143. The smallest absolute Gasteiger partial charge is 0.325 e. The predicted molar refractivity (Wildman–Crippen MR) is 126 cm³/mol. The number of esters is 1. The lowest BCUT2D eigenvalue weighted by Crippen LogP contribution is -2.21. The number of nitrogens with zero attached hydrogens (tertiary/aromatic N) is 1. The van der Waals surface area contributed by atoms with Crippen LogP contribution in [-0.2, 0) is 9.53 Å². The first-order chi connectivity index (χ1) is 14.9. The molecule has 0 aromatic heterocycles. The first kappa shape index (κ1) is 22.1. The van der Waals surface area contributed by atoms with Crippen LogP contribution in [-0.4, -0.2) is 29.6 Å². The number of hydrogen-bond donors (Lipinski definition) is 0. The Morgan fingerprint density at radius 3 is 1.81 bits per heavy atom. The van der Waals surface area contributed by atoms with Crippen LogP contribution in [0.2, 0.25) is 0 Å². The highest BCUT2D eigenvalue weighted by Crippen LogP contribution is 2.50. The SMILES string of the molecule is CCOC(=O)[C@H]1[C@@H](C2CCCCC2)N1C(c1cc(C)cc(C)c1)c1cc(C)cc(C)c1. The summed E-state index contributed by atoms with van der Waals surface area (Å²) in [7, 11) is 0. The van der Waals surface area contributed by atoms with Crippen LogP contribution in [0.5, 0.6) is 0 Å². The molecule has 2 aliphatic rings. The average molecular weight is 420 g/mol. The third kappa shape index (κ3) is 4.72. The van der Waals surface area contributed by atoms with Crippen LogP contribution in [0.25, 0.3) is 0 Å². The second kappa shape index (κ2) is 9.16. The molecule has 166 valence electrons. The molecule has 0 radical (unpaired) electrons. The number of benzene rings is 2. The zero-order valence-corrected chi connectivity index (χ0v) is 19.8. The summed E-state index contributed by atoms with van der Waals surface area (Å²) in [5.41, 5.74) is 7.66. The Bertz CT molecular complexity index is 852. The summed E-state index contributed by atoms with van der Waals surface area (Å²) in [6, 6.07) is 13.9. The van der Waals surface area contributed by atoms with Crippen LogP contribution < -0.4 is 0 Å². The lowest BCUT2D eigenvalue weighted by atomic mass is 9.85. The van der Waals surface area contributed by atoms with Crippen LogP contribution in [0.4, 0.5) is 0 Å². The maximum absolute atomic E-state index is 13.0. The van der Waals surface area contributed by atoms with Gasteiger partial charge in [0.1, 0.15) is 6.04 Å². The molecule has 1 heterocycles. The van der Waals surface area contributed by atoms with Crippen molar-refractivity contribution in [1.29, 1.82) is 0 Å². The van der Waals surface area contributed by atoms with E-state index in [1.807, 2.05) is 6.92 Å². The van der Waals surface area contributed by atoms with E-state index in [0.717, 1.165) is 0 Å². The molecule has 2 fully saturated rings. The predicted octanol–water partition coefficient (Wildman–Crippen LogP) is 6.21. The summed E-state index contributed by atoms with van der Waals surface area (Å²) in [6.07, 6.45) is 6.34. The number of aryl methyl sites for hydroxylation is 4. The van der Waals surface area contributed by atoms with E-state index in [4.69, 9.17) is 4.74 Å². The molecule has 4 rings (SSSR count). The van der Waals surface area contributed by atoms with Crippen molar-refractivity contribution in [3.05, 3.63) is 69.8 Å². The van der Waals surface area contributed by atoms with Crippen LogP contribution >= 0.6 is 0 Å². The van der Waals surface area contributed by atoms with Gasteiger partial charge >= 0.3 is 5.97 Å². The van der Waals surface area contributed by atoms with E-state index in [9.17, 15) is 4.79 Å². The van der Waals surface area contributed by atoms with E-state index in [1.54, 1.807) is 0 Å². The van der Waals surface area contributed by atoms with Gasteiger partial charge in [0.25, 0.3) is 0 Å². The zero-order chi connectivity index (χ0) is 22.1. The van der Waals surface area contributed by atoms with E-state index in [0.29, 0.717) is 12.5 Å². The van der Waals surface area contributed by atoms with Crippen molar-refractivity contribution >= 4 is 5.97 Å². The number of carbonyl (C=O) groups is 1. The van der Waals surface area contributed by atoms with Crippen molar-refractivity contribution in [2.75, 3.05) is 6.61 Å². The highest BCUT2D eigenvalue weighted by molar-refractivity contribution is 5.81. The number of carbonyl (C=O) groups excluding carboxylic acids is 1. The van der Waals surface area contributed by atoms with Gasteiger partial charge in [-0.25, -0.2) is 0 Å². The van der Waals surface area contributed by atoms with Gasteiger partial charge in [-0.3, -0.25) is 9.69 Å². The third-order valence-electron chi connectivity index (χ3n) is 6.98. The lowest BCUT2D eigenvalue weighted by Gasteiger charge is -2.26. The molecule has 3 heteroatoms. The van der Waals surface area contributed by atoms with Crippen molar-refractivity contribution in [2.24, 2.45) is 5.92 Å². The van der Waals surface area contributed by atoms with E-state index in [2.05, 4.69) is 69.0 Å². The first-order valence-corrected chi connectivity index (χ1v) is 12.0. The van der Waals surface area contributed by atoms with Crippen LogP contribution in [0, 0.1) is 33.6 Å². The van der Waals surface area contributed by atoms with Gasteiger partial charge in [-0.1, -0.05) is 77.9 Å². The minimum Gasteiger partial charge on any atom is -0.465 e. The highest BCUT2D eigenvalue weighted by atomic mass is 16.5. The van der Waals surface area contributed by atoms with Gasteiger partial charge in [-0.2, -0.15) is 0 Å². The topological polar surface area (TPSA) is 29.3 Å². The molecule has 1 aliphatic carbocycles. The standard InChI is InChI=1S/C28H37NO2/c1-6-31-28(30)27-26(22-10-8-7-9-11-22)29(27)25(23-14-18(2)12-19(3)15-23)24-16-20(4)13-21(5)17-24/h12-17,22,25-27H,6-11H2,1-5H3/t26-,27-,29?/m1/s1. The Labute approximate surface area is 187 Å². The summed E-state index contributed by atoms with van der Waals surface area (Å²) in [5.74, 6) is 0.541. The second-order valence-electron chi connectivity index (χ2n) is 9.78. The molecule has 1 aliphatic heterocycles. The number of hydrogen-bond acceptors (Lipinski definition) is 3.